The van der Waals surface area contributed by atoms with Crippen LogP contribution in [0.1, 0.15) is 32.8 Å². The molecule has 122 valence electrons. The molecule has 1 aromatic carbocycles. The van der Waals surface area contributed by atoms with E-state index < -0.39 is 17.9 Å². The Hall–Kier alpha value is -0.980. The summed E-state index contributed by atoms with van der Waals surface area (Å²) in [7, 11) is 1.63. The van der Waals surface area contributed by atoms with E-state index in [-0.39, 0.29) is 12.2 Å². The molecule has 2 fully saturated rings. The minimum Gasteiger partial charge on any atom is -0.365 e. The van der Waals surface area contributed by atoms with Crippen molar-refractivity contribution in [2.75, 3.05) is 7.11 Å². The fourth-order valence-electron chi connectivity index (χ4n) is 3.14. The van der Waals surface area contributed by atoms with Gasteiger partial charge in [-0.2, -0.15) is 0 Å². The Morgan fingerprint density at radius 3 is 2.45 bits per heavy atom. The minimum atomic E-state index is -0.833. The molecule has 2 aliphatic heterocycles. The van der Waals surface area contributed by atoms with Crippen molar-refractivity contribution in [2.45, 2.75) is 63.9 Å². The molecule has 3 rings (SSSR count). The molecule has 0 spiro atoms. The second kappa shape index (κ2) is 5.91. The van der Waals surface area contributed by atoms with E-state index in [1.165, 1.54) is 0 Å². The molecule has 2 aliphatic rings. The number of benzene rings is 1. The molecule has 0 radical (unpaired) electrons. The van der Waals surface area contributed by atoms with E-state index in [4.69, 9.17) is 23.7 Å². The van der Waals surface area contributed by atoms with Crippen LogP contribution in [0, 0.1) is 0 Å². The van der Waals surface area contributed by atoms with Gasteiger partial charge in [-0.15, -0.1) is 0 Å². The first-order chi connectivity index (χ1) is 10.5. The van der Waals surface area contributed by atoms with Gasteiger partial charge in [0.25, 0.3) is 0 Å². The zero-order valence-corrected chi connectivity index (χ0v) is 13.6. The average Bonchev–Trinajstić information content (AvgIpc) is 2.95. The lowest BCUT2D eigenvalue weighted by atomic mass is 10.0. The third kappa shape index (κ3) is 2.79. The Bertz CT molecular complexity index is 497. The lowest BCUT2D eigenvalue weighted by Gasteiger charge is -2.34. The van der Waals surface area contributed by atoms with Crippen molar-refractivity contribution in [2.24, 2.45) is 0 Å². The van der Waals surface area contributed by atoms with Crippen molar-refractivity contribution in [3.8, 4) is 0 Å². The normalized spacial score (nSPS) is 36.5. The standard InChI is InChI=1S/C17H24O5/c1-5-17(18-4)14(19-11-12-9-7-6-8-10-12)13-15(22-17)21-16(2,3)20-13/h6-10,13-15H,5,11H2,1-4H3/t13-,14?,15-,17-/m0/s1. The van der Waals surface area contributed by atoms with E-state index in [9.17, 15) is 0 Å². The molecule has 1 aromatic rings. The van der Waals surface area contributed by atoms with Crippen LogP contribution in [0.4, 0.5) is 0 Å². The van der Waals surface area contributed by atoms with Crippen LogP contribution in [-0.2, 0) is 30.3 Å². The van der Waals surface area contributed by atoms with Crippen molar-refractivity contribution < 1.29 is 23.7 Å². The van der Waals surface area contributed by atoms with Gasteiger partial charge in [0.05, 0.1) is 6.61 Å². The fraction of sp³-hybridized carbons (Fsp3) is 0.647. The van der Waals surface area contributed by atoms with Gasteiger partial charge < -0.3 is 23.7 Å². The SMILES string of the molecule is CC[C@]1(OC)O[C@@H]2OC(C)(C)O[C@H]2C1OCc1ccccc1. The van der Waals surface area contributed by atoms with E-state index >= 15 is 0 Å². The Kier molecular flexibility index (Phi) is 4.27. The maximum absolute atomic E-state index is 6.14. The van der Waals surface area contributed by atoms with Gasteiger partial charge in [-0.25, -0.2) is 0 Å². The minimum absolute atomic E-state index is 0.293. The summed E-state index contributed by atoms with van der Waals surface area (Å²) in [6.07, 6.45) is -0.438. The quantitative estimate of drug-likeness (QED) is 0.837. The molecule has 0 aliphatic carbocycles. The molecule has 0 aromatic heterocycles. The van der Waals surface area contributed by atoms with E-state index in [2.05, 4.69) is 0 Å². The van der Waals surface area contributed by atoms with Gasteiger partial charge in [0.1, 0.15) is 12.2 Å². The lowest BCUT2D eigenvalue weighted by Crippen LogP contribution is -2.47. The van der Waals surface area contributed by atoms with Gasteiger partial charge in [0.2, 0.25) is 0 Å². The molecule has 4 atom stereocenters. The van der Waals surface area contributed by atoms with Crippen molar-refractivity contribution in [3.05, 3.63) is 35.9 Å². The van der Waals surface area contributed by atoms with Gasteiger partial charge in [-0.3, -0.25) is 0 Å². The number of ether oxygens (including phenoxy) is 5. The highest BCUT2D eigenvalue weighted by Crippen LogP contribution is 2.45. The lowest BCUT2D eigenvalue weighted by molar-refractivity contribution is -0.315. The molecule has 5 nitrogen and oxygen atoms in total. The Balaban J connectivity index is 1.77. The van der Waals surface area contributed by atoms with Crippen molar-refractivity contribution in [1.82, 2.24) is 0 Å². The second-order valence-corrected chi connectivity index (χ2v) is 6.17. The summed E-state index contributed by atoms with van der Waals surface area (Å²) in [6.45, 7) is 6.24. The first-order valence-electron chi connectivity index (χ1n) is 7.74. The molecule has 0 saturated carbocycles. The van der Waals surface area contributed by atoms with Crippen LogP contribution in [0.3, 0.4) is 0 Å². The first-order valence-corrected chi connectivity index (χ1v) is 7.74. The van der Waals surface area contributed by atoms with Crippen LogP contribution in [-0.4, -0.2) is 37.2 Å². The third-order valence-corrected chi connectivity index (χ3v) is 4.25. The van der Waals surface area contributed by atoms with Crippen LogP contribution in [0.25, 0.3) is 0 Å². The summed E-state index contributed by atoms with van der Waals surface area (Å²) < 4.78 is 29.6. The number of hydrogen-bond donors (Lipinski definition) is 0. The summed E-state index contributed by atoms with van der Waals surface area (Å²) >= 11 is 0. The molecule has 2 heterocycles. The van der Waals surface area contributed by atoms with Crippen LogP contribution >= 0.6 is 0 Å². The number of rotatable bonds is 5. The zero-order valence-electron chi connectivity index (χ0n) is 13.6. The molecule has 0 amide bonds. The Morgan fingerprint density at radius 1 is 1.09 bits per heavy atom. The van der Waals surface area contributed by atoms with Gasteiger partial charge in [-0.1, -0.05) is 37.3 Å². The summed E-state index contributed by atoms with van der Waals surface area (Å²) in [6, 6.07) is 10.0. The first kappa shape index (κ1) is 15.9. The maximum Gasteiger partial charge on any atom is 0.199 e. The smallest absolute Gasteiger partial charge is 0.199 e. The van der Waals surface area contributed by atoms with E-state index in [0.717, 1.165) is 5.56 Å². The number of hydrogen-bond acceptors (Lipinski definition) is 5. The zero-order chi connectivity index (χ0) is 15.8. The number of fused-ring (bicyclic) bond motifs is 1. The van der Waals surface area contributed by atoms with E-state index in [0.29, 0.717) is 13.0 Å². The van der Waals surface area contributed by atoms with Gasteiger partial charge in [-0.05, 0) is 19.4 Å². The maximum atomic E-state index is 6.14. The van der Waals surface area contributed by atoms with Gasteiger partial charge in [0, 0.05) is 13.5 Å². The second-order valence-electron chi connectivity index (χ2n) is 6.17. The molecule has 0 bridgehead atoms. The Morgan fingerprint density at radius 2 is 1.82 bits per heavy atom. The highest BCUT2D eigenvalue weighted by molar-refractivity contribution is 5.13. The van der Waals surface area contributed by atoms with Crippen molar-refractivity contribution in [1.29, 1.82) is 0 Å². The summed E-state index contributed by atoms with van der Waals surface area (Å²) in [5.74, 6) is -1.50. The van der Waals surface area contributed by atoms with Gasteiger partial charge >= 0.3 is 0 Å². The van der Waals surface area contributed by atoms with Crippen LogP contribution in [0.5, 0.6) is 0 Å². The Labute approximate surface area is 131 Å². The van der Waals surface area contributed by atoms with E-state index in [1.54, 1.807) is 7.11 Å². The predicted molar refractivity (Wildman–Crippen MR) is 80.0 cm³/mol. The van der Waals surface area contributed by atoms with Crippen LogP contribution in [0.15, 0.2) is 30.3 Å². The molecular formula is C17H24O5. The largest absolute Gasteiger partial charge is 0.365 e. The number of methoxy groups -OCH3 is 1. The van der Waals surface area contributed by atoms with Gasteiger partial charge in [0.15, 0.2) is 17.9 Å². The monoisotopic (exact) mass is 308 g/mol. The molecule has 2 saturated heterocycles. The summed E-state index contributed by atoms with van der Waals surface area (Å²) in [4.78, 5) is 0. The van der Waals surface area contributed by atoms with E-state index in [1.807, 2.05) is 51.1 Å². The third-order valence-electron chi connectivity index (χ3n) is 4.25. The molecule has 22 heavy (non-hydrogen) atoms. The fourth-order valence-corrected chi connectivity index (χ4v) is 3.14. The highest BCUT2D eigenvalue weighted by Gasteiger charge is 2.62. The van der Waals surface area contributed by atoms with Crippen LogP contribution in [0.2, 0.25) is 0 Å². The molecule has 1 unspecified atom stereocenters. The van der Waals surface area contributed by atoms with Crippen molar-refractivity contribution in [3.63, 3.8) is 0 Å². The molecule has 5 heteroatoms. The van der Waals surface area contributed by atoms with Crippen LogP contribution < -0.4 is 0 Å². The predicted octanol–water partition coefficient (Wildman–Crippen LogP) is 2.83. The summed E-state index contributed by atoms with van der Waals surface area (Å²) in [5.41, 5.74) is 1.10. The molecular weight excluding hydrogens is 284 g/mol. The van der Waals surface area contributed by atoms with Crippen molar-refractivity contribution >= 4 is 0 Å². The molecule has 0 N–H and O–H groups in total. The summed E-state index contributed by atoms with van der Waals surface area (Å²) in [5, 5.41) is 0. The topological polar surface area (TPSA) is 46.2 Å². The average molecular weight is 308 g/mol. The highest BCUT2D eigenvalue weighted by atomic mass is 16.9.